The highest BCUT2D eigenvalue weighted by molar-refractivity contribution is 9.10. The van der Waals surface area contributed by atoms with Gasteiger partial charge in [-0.3, -0.25) is 0 Å². The van der Waals surface area contributed by atoms with Gasteiger partial charge in [0.2, 0.25) is 0 Å². The zero-order valence-electron chi connectivity index (χ0n) is 12.1. The Labute approximate surface area is 132 Å². The minimum Gasteiger partial charge on any atom is -0.390 e. The van der Waals surface area contributed by atoms with Gasteiger partial charge in [0, 0.05) is 6.42 Å². The molecule has 0 spiro atoms. The molecule has 1 aliphatic rings. The first-order chi connectivity index (χ1) is 10.1. The van der Waals surface area contributed by atoms with E-state index < -0.39 is 6.10 Å². The Balaban J connectivity index is 1.96. The predicted molar refractivity (Wildman–Crippen MR) is 86.4 cm³/mol. The Morgan fingerprint density at radius 2 is 2.10 bits per heavy atom. The molecule has 3 rings (SSSR count). The molecule has 2 unspecified atom stereocenters. The van der Waals surface area contributed by atoms with Crippen LogP contribution in [-0.2, 0) is 12.8 Å². The topological polar surface area (TPSA) is 58.0 Å². The zero-order chi connectivity index (χ0) is 15.0. The maximum Gasteiger partial charge on any atom is 0.148 e. The fourth-order valence-corrected chi connectivity index (χ4v) is 3.09. The van der Waals surface area contributed by atoms with Crippen molar-refractivity contribution in [2.75, 3.05) is 5.32 Å². The molecule has 21 heavy (non-hydrogen) atoms. The second-order valence-electron chi connectivity index (χ2n) is 5.34. The normalized spacial score (nSPS) is 20.4. The molecule has 0 aliphatic heterocycles. The van der Waals surface area contributed by atoms with Crippen LogP contribution in [0.1, 0.15) is 35.5 Å². The molecular formula is C16H18BrN3O. The fourth-order valence-electron chi connectivity index (χ4n) is 2.79. The van der Waals surface area contributed by atoms with Crippen LogP contribution in [0.2, 0.25) is 0 Å². The number of aryl methyl sites for hydroxylation is 2. The van der Waals surface area contributed by atoms with E-state index in [-0.39, 0.29) is 6.04 Å². The van der Waals surface area contributed by atoms with E-state index in [0.717, 1.165) is 33.8 Å². The van der Waals surface area contributed by atoms with Crippen LogP contribution in [-0.4, -0.2) is 21.2 Å². The predicted octanol–water partition coefficient (Wildman–Crippen LogP) is 3.18. The third-order valence-electron chi connectivity index (χ3n) is 3.92. The van der Waals surface area contributed by atoms with E-state index in [1.807, 2.05) is 19.1 Å². The largest absolute Gasteiger partial charge is 0.390 e. The highest BCUT2D eigenvalue weighted by atomic mass is 79.9. The summed E-state index contributed by atoms with van der Waals surface area (Å²) in [6.07, 6.45) is 1.04. The van der Waals surface area contributed by atoms with Crippen molar-refractivity contribution in [2.24, 2.45) is 0 Å². The molecule has 5 heteroatoms. The van der Waals surface area contributed by atoms with Gasteiger partial charge in [-0.2, -0.15) is 0 Å². The van der Waals surface area contributed by atoms with E-state index >= 15 is 0 Å². The van der Waals surface area contributed by atoms with Gasteiger partial charge in [-0.05, 0) is 40.4 Å². The van der Waals surface area contributed by atoms with Crippen molar-refractivity contribution in [1.29, 1.82) is 0 Å². The van der Waals surface area contributed by atoms with E-state index in [1.54, 1.807) is 0 Å². The number of nitrogens with zero attached hydrogens (tertiary/aromatic N) is 2. The van der Waals surface area contributed by atoms with E-state index in [1.165, 1.54) is 5.56 Å². The summed E-state index contributed by atoms with van der Waals surface area (Å²) in [5.74, 6) is 0.763. The van der Waals surface area contributed by atoms with Crippen LogP contribution in [0.3, 0.4) is 0 Å². The third kappa shape index (κ3) is 2.68. The molecule has 4 nitrogen and oxygen atoms in total. The van der Waals surface area contributed by atoms with Gasteiger partial charge in [-0.1, -0.05) is 31.2 Å². The number of halogens is 1. The number of aromatic nitrogens is 2. The molecular weight excluding hydrogens is 330 g/mol. The summed E-state index contributed by atoms with van der Waals surface area (Å²) in [4.78, 5) is 9.11. The van der Waals surface area contributed by atoms with Gasteiger partial charge in [-0.15, -0.1) is 0 Å². The summed E-state index contributed by atoms with van der Waals surface area (Å²) >= 11 is 3.42. The summed E-state index contributed by atoms with van der Waals surface area (Å²) in [6.45, 7) is 3.97. The molecule has 2 aromatic rings. The Morgan fingerprint density at radius 3 is 2.86 bits per heavy atom. The van der Waals surface area contributed by atoms with Crippen molar-refractivity contribution in [1.82, 2.24) is 9.97 Å². The second kappa shape index (κ2) is 5.73. The molecule has 2 N–H and O–H groups in total. The Hall–Kier alpha value is -1.46. The number of anilines is 1. The standard InChI is InChI=1S/C16H18BrN3O/c1-3-12-16(18-9(2)15(17)19-12)20-14-11-7-5-4-6-10(11)8-13(14)21/h4-7,13-14,21H,3,8H2,1-2H3,(H,18,20). The minimum absolute atomic E-state index is 0.124. The van der Waals surface area contributed by atoms with Crippen LogP contribution in [0.15, 0.2) is 28.9 Å². The highest BCUT2D eigenvalue weighted by Crippen LogP contribution is 2.34. The van der Waals surface area contributed by atoms with Crippen molar-refractivity contribution in [3.05, 3.63) is 51.4 Å². The molecule has 0 saturated heterocycles. The molecule has 1 aromatic carbocycles. The average Bonchev–Trinajstić information content (AvgIpc) is 2.79. The maximum atomic E-state index is 10.3. The van der Waals surface area contributed by atoms with Crippen molar-refractivity contribution in [2.45, 2.75) is 38.8 Å². The number of rotatable bonds is 3. The molecule has 0 bridgehead atoms. The lowest BCUT2D eigenvalue weighted by Crippen LogP contribution is -2.23. The number of hydrogen-bond donors (Lipinski definition) is 2. The van der Waals surface area contributed by atoms with Crippen LogP contribution in [0.4, 0.5) is 5.82 Å². The van der Waals surface area contributed by atoms with Crippen molar-refractivity contribution in [3.63, 3.8) is 0 Å². The highest BCUT2D eigenvalue weighted by Gasteiger charge is 2.31. The van der Waals surface area contributed by atoms with Gasteiger partial charge in [0.1, 0.15) is 10.4 Å². The number of aliphatic hydroxyl groups excluding tert-OH is 1. The first-order valence-corrected chi connectivity index (χ1v) is 7.95. The summed E-state index contributed by atoms with van der Waals surface area (Å²) in [6, 6.07) is 8.02. The van der Waals surface area contributed by atoms with Crippen LogP contribution in [0, 0.1) is 6.92 Å². The molecule has 110 valence electrons. The Kier molecular flexibility index (Phi) is 3.95. The third-order valence-corrected chi connectivity index (χ3v) is 4.67. The van der Waals surface area contributed by atoms with E-state index in [2.05, 4.69) is 50.3 Å². The van der Waals surface area contributed by atoms with Gasteiger partial charge in [-0.25, -0.2) is 9.97 Å². The van der Waals surface area contributed by atoms with Gasteiger partial charge >= 0.3 is 0 Å². The average molecular weight is 348 g/mol. The summed E-state index contributed by atoms with van der Waals surface area (Å²) < 4.78 is 0.775. The molecule has 1 aromatic heterocycles. The molecule has 0 radical (unpaired) electrons. The lowest BCUT2D eigenvalue weighted by atomic mass is 10.1. The quantitative estimate of drug-likeness (QED) is 0.895. The van der Waals surface area contributed by atoms with E-state index in [0.29, 0.717) is 6.42 Å². The zero-order valence-corrected chi connectivity index (χ0v) is 13.7. The molecule has 1 aliphatic carbocycles. The number of hydrogen-bond acceptors (Lipinski definition) is 4. The van der Waals surface area contributed by atoms with Crippen LogP contribution < -0.4 is 5.32 Å². The summed E-state index contributed by atoms with van der Waals surface area (Å²) in [7, 11) is 0. The first-order valence-electron chi connectivity index (χ1n) is 7.15. The fraction of sp³-hybridized carbons (Fsp3) is 0.375. The van der Waals surface area contributed by atoms with Gasteiger partial charge in [0.25, 0.3) is 0 Å². The smallest absolute Gasteiger partial charge is 0.148 e. The molecule has 0 amide bonds. The number of benzene rings is 1. The van der Waals surface area contributed by atoms with Gasteiger partial charge in [0.15, 0.2) is 0 Å². The second-order valence-corrected chi connectivity index (χ2v) is 6.09. The first kappa shape index (κ1) is 14.5. The van der Waals surface area contributed by atoms with Crippen molar-refractivity contribution in [3.8, 4) is 0 Å². The monoisotopic (exact) mass is 347 g/mol. The Morgan fingerprint density at radius 1 is 1.33 bits per heavy atom. The molecule has 0 saturated carbocycles. The Bertz CT molecular complexity index is 675. The van der Waals surface area contributed by atoms with E-state index in [4.69, 9.17) is 0 Å². The van der Waals surface area contributed by atoms with E-state index in [9.17, 15) is 5.11 Å². The van der Waals surface area contributed by atoms with Gasteiger partial charge < -0.3 is 10.4 Å². The van der Waals surface area contributed by atoms with Crippen LogP contribution >= 0.6 is 15.9 Å². The van der Waals surface area contributed by atoms with Gasteiger partial charge in [0.05, 0.1) is 23.5 Å². The maximum absolute atomic E-state index is 10.3. The van der Waals surface area contributed by atoms with Crippen LogP contribution in [0.25, 0.3) is 0 Å². The number of aliphatic hydroxyl groups is 1. The SMILES string of the molecule is CCc1nc(Br)c(C)nc1NC1c2ccccc2CC1O. The minimum atomic E-state index is -0.433. The number of nitrogens with one attached hydrogen (secondary N) is 1. The lowest BCUT2D eigenvalue weighted by molar-refractivity contribution is 0.165. The van der Waals surface area contributed by atoms with Crippen LogP contribution in [0.5, 0.6) is 0 Å². The number of fused-ring (bicyclic) bond motifs is 1. The lowest BCUT2D eigenvalue weighted by Gasteiger charge is -2.20. The van der Waals surface area contributed by atoms with Crippen molar-refractivity contribution < 1.29 is 5.11 Å². The summed E-state index contributed by atoms with van der Waals surface area (Å²) in [5.41, 5.74) is 4.09. The molecule has 1 heterocycles. The van der Waals surface area contributed by atoms with Crippen molar-refractivity contribution >= 4 is 21.7 Å². The molecule has 0 fully saturated rings. The summed E-state index contributed by atoms with van der Waals surface area (Å²) in [5, 5.41) is 13.7. The molecule has 2 atom stereocenters.